The Hall–Kier alpha value is -2.37. The molecule has 2 aromatic rings. The zero-order valence-electron chi connectivity index (χ0n) is 12.4. The van der Waals surface area contributed by atoms with E-state index in [2.05, 4.69) is 20.6 Å². The van der Waals surface area contributed by atoms with Gasteiger partial charge in [0.05, 0.1) is 19.0 Å². The molecule has 1 heterocycles. The van der Waals surface area contributed by atoms with E-state index in [-0.39, 0.29) is 5.82 Å². The number of benzene rings is 1. The van der Waals surface area contributed by atoms with Crippen molar-refractivity contribution in [1.29, 1.82) is 0 Å². The fourth-order valence-electron chi connectivity index (χ4n) is 1.82. The van der Waals surface area contributed by atoms with Gasteiger partial charge in [0.1, 0.15) is 5.75 Å². The van der Waals surface area contributed by atoms with Crippen molar-refractivity contribution >= 4 is 17.5 Å². The molecule has 0 atom stereocenters. The number of ether oxygens (including phenoxy) is 1. The van der Waals surface area contributed by atoms with Crippen molar-refractivity contribution in [3.8, 4) is 5.75 Å². The van der Waals surface area contributed by atoms with Gasteiger partial charge >= 0.3 is 0 Å². The number of rotatable bonds is 6. The van der Waals surface area contributed by atoms with Crippen molar-refractivity contribution in [2.45, 2.75) is 20.3 Å². The first-order valence-electron chi connectivity index (χ1n) is 6.82. The second-order valence-corrected chi connectivity index (χ2v) is 4.65. The lowest BCUT2D eigenvalue weighted by Crippen LogP contribution is -2.07. The van der Waals surface area contributed by atoms with Crippen molar-refractivity contribution < 1.29 is 9.13 Å². The molecule has 0 aliphatic carbocycles. The van der Waals surface area contributed by atoms with E-state index in [1.807, 2.05) is 32.0 Å². The lowest BCUT2D eigenvalue weighted by molar-refractivity contribution is 0.416. The van der Waals surface area contributed by atoms with Gasteiger partial charge in [-0.1, -0.05) is 13.0 Å². The van der Waals surface area contributed by atoms with Crippen molar-refractivity contribution in [1.82, 2.24) is 9.97 Å². The van der Waals surface area contributed by atoms with E-state index >= 15 is 0 Å². The van der Waals surface area contributed by atoms with E-state index in [0.29, 0.717) is 17.4 Å². The third-order valence-electron chi connectivity index (χ3n) is 2.89. The number of aromatic nitrogens is 2. The van der Waals surface area contributed by atoms with Gasteiger partial charge in [0.15, 0.2) is 11.6 Å². The lowest BCUT2D eigenvalue weighted by atomic mass is 10.2. The number of methoxy groups -OCH3 is 1. The molecular weight excluding hydrogens is 271 g/mol. The van der Waals surface area contributed by atoms with Crippen LogP contribution in [-0.2, 0) is 0 Å². The summed E-state index contributed by atoms with van der Waals surface area (Å²) in [6.07, 6.45) is 2.09. The molecular formula is C15H19FN4O. The van der Waals surface area contributed by atoms with Crippen LogP contribution in [0.15, 0.2) is 24.4 Å². The molecule has 0 saturated heterocycles. The molecule has 1 aromatic carbocycles. The predicted molar refractivity (Wildman–Crippen MR) is 81.8 cm³/mol. The average molecular weight is 290 g/mol. The largest absolute Gasteiger partial charge is 0.495 e. The molecule has 2 N–H and O–H groups in total. The van der Waals surface area contributed by atoms with Gasteiger partial charge in [-0.3, -0.25) is 0 Å². The highest BCUT2D eigenvalue weighted by atomic mass is 19.1. The summed E-state index contributed by atoms with van der Waals surface area (Å²) < 4.78 is 19.1. The molecule has 0 aliphatic heterocycles. The summed E-state index contributed by atoms with van der Waals surface area (Å²) in [6.45, 7) is 4.72. The maximum atomic E-state index is 13.9. The average Bonchev–Trinajstić information content (AvgIpc) is 2.48. The molecule has 5 nitrogen and oxygen atoms in total. The van der Waals surface area contributed by atoms with Gasteiger partial charge < -0.3 is 15.4 Å². The first-order valence-corrected chi connectivity index (χ1v) is 6.82. The van der Waals surface area contributed by atoms with Crippen LogP contribution in [0.1, 0.15) is 18.9 Å². The molecule has 0 bridgehead atoms. The summed E-state index contributed by atoms with van der Waals surface area (Å²) >= 11 is 0. The first kappa shape index (κ1) is 15.0. The van der Waals surface area contributed by atoms with E-state index in [1.54, 1.807) is 7.11 Å². The van der Waals surface area contributed by atoms with Crippen LogP contribution in [-0.4, -0.2) is 23.6 Å². The maximum Gasteiger partial charge on any atom is 0.224 e. The summed E-state index contributed by atoms with van der Waals surface area (Å²) in [4.78, 5) is 8.06. The Morgan fingerprint density at radius 3 is 2.86 bits per heavy atom. The molecule has 0 amide bonds. The summed E-state index contributed by atoms with van der Waals surface area (Å²) in [7, 11) is 1.57. The molecule has 0 unspecified atom stereocenters. The SMILES string of the molecule is CCCNc1ncc(F)c(Nc2cc(C)ccc2OC)n1. The number of anilines is 3. The second-order valence-electron chi connectivity index (χ2n) is 4.65. The molecule has 0 fully saturated rings. The molecule has 1 aromatic heterocycles. The van der Waals surface area contributed by atoms with Gasteiger partial charge in [-0.2, -0.15) is 4.98 Å². The van der Waals surface area contributed by atoms with Crippen LogP contribution in [0.3, 0.4) is 0 Å². The first-order chi connectivity index (χ1) is 10.1. The van der Waals surface area contributed by atoms with Crippen LogP contribution >= 0.6 is 0 Å². The molecule has 0 spiro atoms. The molecule has 2 rings (SSSR count). The number of halogens is 1. The number of nitrogens with zero attached hydrogens (tertiary/aromatic N) is 2. The van der Waals surface area contributed by atoms with Crippen LogP contribution in [0, 0.1) is 12.7 Å². The Labute approximate surface area is 123 Å². The highest BCUT2D eigenvalue weighted by molar-refractivity contribution is 5.65. The predicted octanol–water partition coefficient (Wildman–Crippen LogP) is 3.50. The van der Waals surface area contributed by atoms with Crippen LogP contribution in [0.25, 0.3) is 0 Å². The van der Waals surface area contributed by atoms with E-state index < -0.39 is 5.82 Å². The van der Waals surface area contributed by atoms with E-state index in [9.17, 15) is 4.39 Å². The van der Waals surface area contributed by atoms with Crippen LogP contribution < -0.4 is 15.4 Å². The Morgan fingerprint density at radius 2 is 2.14 bits per heavy atom. The quantitative estimate of drug-likeness (QED) is 0.852. The van der Waals surface area contributed by atoms with Crippen molar-refractivity contribution in [3.63, 3.8) is 0 Å². The Morgan fingerprint density at radius 1 is 1.33 bits per heavy atom. The summed E-state index contributed by atoms with van der Waals surface area (Å²) in [5.41, 5.74) is 1.70. The van der Waals surface area contributed by atoms with Crippen LogP contribution in [0.5, 0.6) is 5.75 Å². The summed E-state index contributed by atoms with van der Waals surface area (Å²) in [5, 5.41) is 5.99. The van der Waals surface area contributed by atoms with Crippen molar-refractivity contribution in [2.75, 3.05) is 24.3 Å². The normalized spacial score (nSPS) is 10.3. The van der Waals surface area contributed by atoms with Gasteiger partial charge in [-0.25, -0.2) is 9.37 Å². The second kappa shape index (κ2) is 6.88. The molecule has 0 saturated carbocycles. The minimum Gasteiger partial charge on any atom is -0.495 e. The minimum absolute atomic E-state index is 0.118. The smallest absolute Gasteiger partial charge is 0.224 e. The Bertz CT molecular complexity index is 619. The van der Waals surface area contributed by atoms with Crippen LogP contribution in [0.4, 0.5) is 21.8 Å². The van der Waals surface area contributed by atoms with E-state index in [0.717, 1.165) is 24.7 Å². The van der Waals surface area contributed by atoms with Gasteiger partial charge in [0, 0.05) is 6.54 Å². The standard InChI is InChI=1S/C15H19FN4O/c1-4-7-17-15-18-9-11(16)14(20-15)19-12-8-10(2)5-6-13(12)21-3/h5-6,8-9H,4,7H2,1-3H3,(H2,17,18,19,20). The Kier molecular flexibility index (Phi) is 4.92. The zero-order chi connectivity index (χ0) is 15.2. The number of aryl methyl sites for hydroxylation is 1. The minimum atomic E-state index is -0.513. The fourth-order valence-corrected chi connectivity index (χ4v) is 1.82. The highest BCUT2D eigenvalue weighted by Crippen LogP contribution is 2.28. The molecule has 0 radical (unpaired) electrons. The number of hydrogen-bond acceptors (Lipinski definition) is 5. The lowest BCUT2D eigenvalue weighted by Gasteiger charge is -2.12. The van der Waals surface area contributed by atoms with Crippen molar-refractivity contribution in [3.05, 3.63) is 35.8 Å². The van der Waals surface area contributed by atoms with Crippen molar-refractivity contribution in [2.24, 2.45) is 0 Å². The van der Waals surface area contributed by atoms with Crippen LogP contribution in [0.2, 0.25) is 0 Å². The number of hydrogen-bond donors (Lipinski definition) is 2. The van der Waals surface area contributed by atoms with Gasteiger partial charge in [-0.15, -0.1) is 0 Å². The van der Waals surface area contributed by atoms with Gasteiger partial charge in [-0.05, 0) is 31.0 Å². The van der Waals surface area contributed by atoms with E-state index in [1.165, 1.54) is 0 Å². The molecule has 0 aliphatic rings. The summed E-state index contributed by atoms with van der Waals surface area (Å²) in [5.74, 6) is 0.627. The maximum absolute atomic E-state index is 13.9. The number of nitrogens with one attached hydrogen (secondary N) is 2. The molecule has 112 valence electrons. The third kappa shape index (κ3) is 3.81. The molecule has 21 heavy (non-hydrogen) atoms. The molecule has 6 heteroatoms. The fraction of sp³-hybridized carbons (Fsp3) is 0.333. The van der Waals surface area contributed by atoms with E-state index in [4.69, 9.17) is 4.74 Å². The van der Waals surface area contributed by atoms with Gasteiger partial charge in [0.2, 0.25) is 5.95 Å². The Balaban J connectivity index is 2.28. The van der Waals surface area contributed by atoms with Gasteiger partial charge in [0.25, 0.3) is 0 Å². The third-order valence-corrected chi connectivity index (χ3v) is 2.89. The highest BCUT2D eigenvalue weighted by Gasteiger charge is 2.10. The topological polar surface area (TPSA) is 59.1 Å². The monoisotopic (exact) mass is 290 g/mol. The summed E-state index contributed by atoms with van der Waals surface area (Å²) in [6, 6.07) is 5.63. The zero-order valence-corrected chi connectivity index (χ0v) is 12.4.